The predicted molar refractivity (Wildman–Crippen MR) is 83.2 cm³/mol. The standard InChI is InChI=1S/C17H16F2N2O2/c1-12(22)21(14-5-3-2-4-6-14)10-9-20-17(23)13-7-8-15(18)16(19)11-13/h2-8,11H,9-10H2,1H3,(H,20,23). The van der Waals surface area contributed by atoms with Crippen LogP contribution in [0.5, 0.6) is 0 Å². The fourth-order valence-electron chi connectivity index (χ4n) is 2.10. The molecule has 4 nitrogen and oxygen atoms in total. The highest BCUT2D eigenvalue weighted by Gasteiger charge is 2.13. The number of carbonyl (C=O) groups excluding carboxylic acids is 2. The van der Waals surface area contributed by atoms with Crippen LogP contribution in [0.4, 0.5) is 14.5 Å². The molecule has 23 heavy (non-hydrogen) atoms. The van der Waals surface area contributed by atoms with Crippen molar-refractivity contribution in [2.75, 3.05) is 18.0 Å². The Labute approximate surface area is 132 Å². The summed E-state index contributed by atoms with van der Waals surface area (Å²) in [4.78, 5) is 25.1. The molecule has 0 unspecified atom stereocenters. The van der Waals surface area contributed by atoms with E-state index in [1.807, 2.05) is 18.2 Å². The lowest BCUT2D eigenvalue weighted by Crippen LogP contribution is -2.37. The summed E-state index contributed by atoms with van der Waals surface area (Å²) >= 11 is 0. The third-order valence-corrected chi connectivity index (χ3v) is 3.25. The van der Waals surface area contributed by atoms with E-state index in [1.54, 1.807) is 12.1 Å². The lowest BCUT2D eigenvalue weighted by Gasteiger charge is -2.21. The molecule has 0 aromatic heterocycles. The summed E-state index contributed by atoms with van der Waals surface area (Å²) in [5.41, 5.74) is 0.750. The van der Waals surface area contributed by atoms with Gasteiger partial charge in [-0.2, -0.15) is 0 Å². The number of halogens is 2. The van der Waals surface area contributed by atoms with Crippen molar-refractivity contribution >= 4 is 17.5 Å². The molecule has 0 spiro atoms. The number of benzene rings is 2. The average Bonchev–Trinajstić information content (AvgIpc) is 2.54. The van der Waals surface area contributed by atoms with Gasteiger partial charge in [-0.15, -0.1) is 0 Å². The van der Waals surface area contributed by atoms with Crippen LogP contribution in [0.3, 0.4) is 0 Å². The number of para-hydroxylation sites is 1. The van der Waals surface area contributed by atoms with E-state index in [1.165, 1.54) is 17.9 Å². The Kier molecular flexibility index (Phi) is 5.41. The van der Waals surface area contributed by atoms with Gasteiger partial charge in [0, 0.05) is 31.3 Å². The minimum Gasteiger partial charge on any atom is -0.350 e. The maximum Gasteiger partial charge on any atom is 0.251 e. The van der Waals surface area contributed by atoms with Gasteiger partial charge >= 0.3 is 0 Å². The minimum atomic E-state index is -1.08. The quantitative estimate of drug-likeness (QED) is 0.921. The van der Waals surface area contributed by atoms with Crippen molar-refractivity contribution in [3.63, 3.8) is 0 Å². The third kappa shape index (κ3) is 4.35. The van der Waals surface area contributed by atoms with Crippen LogP contribution in [-0.4, -0.2) is 24.9 Å². The number of hydrogen-bond donors (Lipinski definition) is 1. The average molecular weight is 318 g/mol. The van der Waals surface area contributed by atoms with Crippen LogP contribution in [0, 0.1) is 11.6 Å². The number of hydrogen-bond acceptors (Lipinski definition) is 2. The fraction of sp³-hybridized carbons (Fsp3) is 0.176. The molecular weight excluding hydrogens is 302 g/mol. The molecule has 0 saturated heterocycles. The number of nitrogens with one attached hydrogen (secondary N) is 1. The molecule has 0 heterocycles. The summed E-state index contributed by atoms with van der Waals surface area (Å²) in [6.45, 7) is 1.89. The molecule has 0 aliphatic carbocycles. The van der Waals surface area contributed by atoms with Crippen LogP contribution < -0.4 is 10.2 Å². The van der Waals surface area contributed by atoms with Crippen LogP contribution in [-0.2, 0) is 4.79 Å². The third-order valence-electron chi connectivity index (χ3n) is 3.25. The molecular formula is C17H16F2N2O2. The molecule has 2 aromatic rings. The van der Waals surface area contributed by atoms with Gasteiger partial charge in [0.25, 0.3) is 5.91 Å². The van der Waals surface area contributed by atoms with Crippen LogP contribution in [0.2, 0.25) is 0 Å². The van der Waals surface area contributed by atoms with E-state index in [4.69, 9.17) is 0 Å². The summed E-state index contributed by atoms with van der Waals surface area (Å²) < 4.78 is 26.0. The van der Waals surface area contributed by atoms with Gasteiger partial charge in [-0.05, 0) is 30.3 Å². The molecule has 2 aromatic carbocycles. The number of amides is 2. The summed E-state index contributed by atoms with van der Waals surface area (Å²) in [6, 6.07) is 12.0. The summed E-state index contributed by atoms with van der Waals surface area (Å²) in [5, 5.41) is 2.58. The zero-order chi connectivity index (χ0) is 16.8. The van der Waals surface area contributed by atoms with Crippen molar-refractivity contribution in [1.82, 2.24) is 5.32 Å². The van der Waals surface area contributed by atoms with Crippen LogP contribution in [0.1, 0.15) is 17.3 Å². The van der Waals surface area contributed by atoms with E-state index in [0.29, 0.717) is 0 Å². The Bertz CT molecular complexity index is 705. The summed E-state index contributed by atoms with van der Waals surface area (Å²) in [5.74, 6) is -2.76. The highest BCUT2D eigenvalue weighted by Crippen LogP contribution is 2.13. The van der Waals surface area contributed by atoms with E-state index in [9.17, 15) is 18.4 Å². The first-order valence-electron chi connectivity index (χ1n) is 7.05. The fourth-order valence-corrected chi connectivity index (χ4v) is 2.10. The van der Waals surface area contributed by atoms with Crippen molar-refractivity contribution in [1.29, 1.82) is 0 Å². The lowest BCUT2D eigenvalue weighted by atomic mass is 10.2. The highest BCUT2D eigenvalue weighted by molar-refractivity contribution is 5.94. The monoisotopic (exact) mass is 318 g/mol. The number of rotatable bonds is 5. The smallest absolute Gasteiger partial charge is 0.251 e. The van der Waals surface area contributed by atoms with Gasteiger partial charge in [0.1, 0.15) is 0 Å². The van der Waals surface area contributed by atoms with Crippen molar-refractivity contribution in [3.05, 3.63) is 65.7 Å². The number of nitrogens with zero attached hydrogens (tertiary/aromatic N) is 1. The summed E-state index contributed by atoms with van der Waals surface area (Å²) in [6.07, 6.45) is 0. The van der Waals surface area contributed by atoms with Gasteiger partial charge in [0.05, 0.1) is 0 Å². The Morgan fingerprint density at radius 3 is 2.35 bits per heavy atom. The molecule has 0 radical (unpaired) electrons. The molecule has 0 saturated carbocycles. The maximum atomic E-state index is 13.1. The predicted octanol–water partition coefficient (Wildman–Crippen LogP) is 2.75. The zero-order valence-electron chi connectivity index (χ0n) is 12.6. The van der Waals surface area contributed by atoms with E-state index in [-0.39, 0.29) is 24.6 Å². The molecule has 2 amide bonds. The molecule has 0 aliphatic rings. The van der Waals surface area contributed by atoms with Gasteiger partial charge < -0.3 is 10.2 Å². The first-order valence-corrected chi connectivity index (χ1v) is 7.05. The first-order chi connectivity index (χ1) is 11.0. The minimum absolute atomic E-state index is 0.0259. The molecule has 0 atom stereocenters. The van der Waals surface area contributed by atoms with Crippen molar-refractivity contribution < 1.29 is 18.4 Å². The van der Waals surface area contributed by atoms with Gasteiger partial charge in [-0.3, -0.25) is 9.59 Å². The Hall–Kier alpha value is -2.76. The molecule has 6 heteroatoms. The second kappa shape index (κ2) is 7.49. The lowest BCUT2D eigenvalue weighted by molar-refractivity contribution is -0.116. The van der Waals surface area contributed by atoms with E-state index < -0.39 is 17.5 Å². The molecule has 0 aliphatic heterocycles. The van der Waals surface area contributed by atoms with Gasteiger partial charge in [-0.1, -0.05) is 18.2 Å². The van der Waals surface area contributed by atoms with Gasteiger partial charge in [0.15, 0.2) is 11.6 Å². The highest BCUT2D eigenvalue weighted by atomic mass is 19.2. The molecule has 1 N–H and O–H groups in total. The second-order valence-corrected chi connectivity index (χ2v) is 4.89. The maximum absolute atomic E-state index is 13.1. The van der Waals surface area contributed by atoms with Gasteiger partial charge in [-0.25, -0.2) is 8.78 Å². The first kappa shape index (κ1) is 16.6. The molecule has 0 fully saturated rings. The van der Waals surface area contributed by atoms with Gasteiger partial charge in [0.2, 0.25) is 5.91 Å². The molecule has 2 rings (SSSR count). The van der Waals surface area contributed by atoms with Crippen LogP contribution in [0.25, 0.3) is 0 Å². The largest absolute Gasteiger partial charge is 0.350 e. The molecule has 0 bridgehead atoms. The van der Waals surface area contributed by atoms with Crippen LogP contribution >= 0.6 is 0 Å². The molecule has 120 valence electrons. The van der Waals surface area contributed by atoms with Crippen molar-refractivity contribution in [2.45, 2.75) is 6.92 Å². The Balaban J connectivity index is 1.95. The van der Waals surface area contributed by atoms with Crippen molar-refractivity contribution in [3.8, 4) is 0 Å². The topological polar surface area (TPSA) is 49.4 Å². The number of carbonyl (C=O) groups is 2. The zero-order valence-corrected chi connectivity index (χ0v) is 12.6. The Morgan fingerprint density at radius 2 is 1.74 bits per heavy atom. The van der Waals surface area contributed by atoms with E-state index in [2.05, 4.69) is 5.32 Å². The second-order valence-electron chi connectivity index (χ2n) is 4.89. The number of anilines is 1. The van der Waals surface area contributed by atoms with Crippen LogP contribution in [0.15, 0.2) is 48.5 Å². The Morgan fingerprint density at radius 1 is 1.04 bits per heavy atom. The van der Waals surface area contributed by atoms with E-state index >= 15 is 0 Å². The normalized spacial score (nSPS) is 10.2. The van der Waals surface area contributed by atoms with E-state index in [0.717, 1.165) is 17.8 Å². The summed E-state index contributed by atoms with van der Waals surface area (Å²) in [7, 11) is 0. The SMILES string of the molecule is CC(=O)N(CCNC(=O)c1ccc(F)c(F)c1)c1ccccc1. The van der Waals surface area contributed by atoms with Crippen molar-refractivity contribution in [2.24, 2.45) is 0 Å².